The molecule has 2 aliphatic rings. The number of hydrogen-bond donors (Lipinski definition) is 0. The minimum atomic E-state index is -0.634. The number of oxime groups is 1. The number of fused-ring (bicyclic) bond motifs is 2. The molecule has 1 atom stereocenters. The lowest BCUT2D eigenvalue weighted by atomic mass is 9.84. The Labute approximate surface area is 152 Å². The second kappa shape index (κ2) is 5.88. The Kier molecular flexibility index (Phi) is 3.39. The lowest BCUT2D eigenvalue weighted by Crippen LogP contribution is -2.28. The van der Waals surface area contributed by atoms with Crippen LogP contribution >= 0.6 is 0 Å². The molecule has 0 saturated carbocycles. The summed E-state index contributed by atoms with van der Waals surface area (Å²) in [5, 5.41) is 4.43. The maximum atomic E-state index is 6.18. The highest BCUT2D eigenvalue weighted by Gasteiger charge is 2.44. The number of ether oxygens (including phenoxy) is 1. The van der Waals surface area contributed by atoms with Crippen LogP contribution in [0.2, 0.25) is 0 Å². The summed E-state index contributed by atoms with van der Waals surface area (Å²) in [5.74, 6) is 1.62. The summed E-state index contributed by atoms with van der Waals surface area (Å²) in [6, 6.07) is 28.3. The van der Waals surface area contributed by atoms with E-state index in [1.165, 1.54) is 0 Å². The maximum absolute atomic E-state index is 6.18. The van der Waals surface area contributed by atoms with Gasteiger partial charge in [-0.1, -0.05) is 84.0 Å². The number of benzene rings is 3. The molecule has 3 heteroatoms. The minimum Gasteiger partial charge on any atom is -0.456 e. The fraction of sp³-hybridized carbons (Fsp3) is 0.0870. The third-order valence-electron chi connectivity index (χ3n) is 4.84. The zero-order valence-corrected chi connectivity index (χ0v) is 14.1. The molecule has 0 aromatic heterocycles. The first-order valence-electron chi connectivity index (χ1n) is 8.70. The summed E-state index contributed by atoms with van der Waals surface area (Å²) < 4.78 is 6.18. The van der Waals surface area contributed by atoms with Crippen LogP contribution in [-0.4, -0.2) is 5.71 Å². The Morgan fingerprint density at radius 3 is 2.15 bits per heavy atom. The van der Waals surface area contributed by atoms with E-state index >= 15 is 0 Å². The predicted molar refractivity (Wildman–Crippen MR) is 102 cm³/mol. The standard InChI is InChI=1S/C23H17NO2/c1-3-9-17(10-4-1)20-15-23(26-24-20)16-22(18-11-5-2-6-12-18)25-21-14-8-7-13-19(21)23/h1-14,16H,15H2/t23-/m1/s1. The molecule has 0 amide bonds. The van der Waals surface area contributed by atoms with Gasteiger partial charge in [0.15, 0.2) is 5.60 Å². The number of rotatable bonds is 2. The molecule has 26 heavy (non-hydrogen) atoms. The zero-order chi connectivity index (χ0) is 17.4. The molecule has 5 rings (SSSR count). The molecule has 3 aromatic carbocycles. The van der Waals surface area contributed by atoms with Crippen molar-refractivity contribution in [2.75, 3.05) is 0 Å². The lowest BCUT2D eigenvalue weighted by molar-refractivity contribution is 0.0130. The van der Waals surface area contributed by atoms with Gasteiger partial charge in [0.2, 0.25) is 0 Å². The molecule has 3 nitrogen and oxygen atoms in total. The summed E-state index contributed by atoms with van der Waals surface area (Å²) in [4.78, 5) is 6.06. The molecular formula is C23H17NO2. The number of nitrogens with zero attached hydrogens (tertiary/aromatic N) is 1. The highest BCUT2D eigenvalue weighted by atomic mass is 16.7. The van der Waals surface area contributed by atoms with Gasteiger partial charge in [-0.3, -0.25) is 0 Å². The van der Waals surface area contributed by atoms with E-state index in [1.54, 1.807) is 0 Å². The van der Waals surface area contributed by atoms with Gasteiger partial charge >= 0.3 is 0 Å². The van der Waals surface area contributed by atoms with Gasteiger partial charge in [0.25, 0.3) is 0 Å². The average molecular weight is 339 g/mol. The fourth-order valence-corrected chi connectivity index (χ4v) is 3.54. The quantitative estimate of drug-likeness (QED) is 0.647. The lowest BCUT2D eigenvalue weighted by Gasteiger charge is -2.31. The molecule has 0 fully saturated rings. The first-order chi connectivity index (χ1) is 12.8. The monoisotopic (exact) mass is 339 g/mol. The van der Waals surface area contributed by atoms with Gasteiger partial charge in [0.05, 0.1) is 5.71 Å². The van der Waals surface area contributed by atoms with Gasteiger partial charge in [0.1, 0.15) is 11.5 Å². The second-order valence-corrected chi connectivity index (χ2v) is 6.53. The Balaban J connectivity index is 1.60. The van der Waals surface area contributed by atoms with Crippen molar-refractivity contribution in [3.05, 3.63) is 108 Å². The summed E-state index contributed by atoms with van der Waals surface area (Å²) >= 11 is 0. The van der Waals surface area contributed by atoms with Gasteiger partial charge in [-0.25, -0.2) is 0 Å². The van der Waals surface area contributed by atoms with Crippen molar-refractivity contribution >= 4 is 11.5 Å². The van der Waals surface area contributed by atoms with E-state index in [4.69, 9.17) is 9.57 Å². The van der Waals surface area contributed by atoms with Gasteiger partial charge in [-0.05, 0) is 11.6 Å². The largest absolute Gasteiger partial charge is 0.456 e. The summed E-state index contributed by atoms with van der Waals surface area (Å²) in [6.07, 6.45) is 2.73. The van der Waals surface area contributed by atoms with Crippen LogP contribution in [0.25, 0.3) is 5.76 Å². The molecule has 0 N–H and O–H groups in total. The van der Waals surface area contributed by atoms with Crippen LogP contribution in [0.1, 0.15) is 23.1 Å². The Morgan fingerprint density at radius 2 is 1.38 bits per heavy atom. The zero-order valence-electron chi connectivity index (χ0n) is 14.1. The van der Waals surface area contributed by atoms with Crippen LogP contribution in [0.3, 0.4) is 0 Å². The average Bonchev–Trinajstić information content (AvgIpc) is 3.14. The molecule has 2 aliphatic heterocycles. The van der Waals surface area contributed by atoms with Crippen LogP contribution in [0.4, 0.5) is 0 Å². The van der Waals surface area contributed by atoms with Crippen molar-refractivity contribution in [3.8, 4) is 5.75 Å². The highest BCUT2D eigenvalue weighted by Crippen LogP contribution is 2.47. The predicted octanol–water partition coefficient (Wildman–Crippen LogP) is 5.14. The first-order valence-corrected chi connectivity index (χ1v) is 8.70. The molecule has 0 unspecified atom stereocenters. The Hall–Kier alpha value is -3.33. The van der Waals surface area contributed by atoms with Crippen LogP contribution < -0.4 is 4.74 Å². The SMILES string of the molecule is C1=C(c2ccccc2)Oc2ccccc2[C@@]12CC(c1ccccc1)=NO2. The Bertz CT molecular complexity index is 1010. The van der Waals surface area contributed by atoms with Crippen molar-refractivity contribution in [1.82, 2.24) is 0 Å². The van der Waals surface area contributed by atoms with E-state index < -0.39 is 5.60 Å². The number of para-hydroxylation sites is 1. The highest BCUT2D eigenvalue weighted by molar-refractivity contribution is 6.02. The van der Waals surface area contributed by atoms with Crippen LogP contribution in [-0.2, 0) is 10.4 Å². The van der Waals surface area contributed by atoms with Gasteiger partial charge in [-0.15, -0.1) is 0 Å². The molecule has 0 aliphatic carbocycles. The van der Waals surface area contributed by atoms with Crippen molar-refractivity contribution in [3.63, 3.8) is 0 Å². The molecule has 126 valence electrons. The molecule has 0 bridgehead atoms. The topological polar surface area (TPSA) is 30.8 Å². The molecule has 3 aromatic rings. The molecular weight excluding hydrogens is 322 g/mol. The van der Waals surface area contributed by atoms with E-state index in [1.807, 2.05) is 66.7 Å². The summed E-state index contributed by atoms with van der Waals surface area (Å²) in [5.41, 5.74) is 3.44. The van der Waals surface area contributed by atoms with Gasteiger partial charge in [0, 0.05) is 23.6 Å². The van der Waals surface area contributed by atoms with Crippen molar-refractivity contribution < 1.29 is 9.57 Å². The number of hydrogen-bond acceptors (Lipinski definition) is 3. The molecule has 2 heterocycles. The third-order valence-corrected chi connectivity index (χ3v) is 4.84. The van der Waals surface area contributed by atoms with Gasteiger partial charge in [-0.2, -0.15) is 0 Å². The van der Waals surface area contributed by atoms with E-state index in [0.717, 1.165) is 33.9 Å². The maximum Gasteiger partial charge on any atom is 0.194 e. The van der Waals surface area contributed by atoms with E-state index in [2.05, 4.69) is 29.4 Å². The summed E-state index contributed by atoms with van der Waals surface area (Å²) in [6.45, 7) is 0. The minimum absolute atomic E-state index is 0.634. The van der Waals surface area contributed by atoms with E-state index in [0.29, 0.717) is 6.42 Å². The summed E-state index contributed by atoms with van der Waals surface area (Å²) in [7, 11) is 0. The van der Waals surface area contributed by atoms with Crippen molar-refractivity contribution in [2.45, 2.75) is 12.0 Å². The van der Waals surface area contributed by atoms with E-state index in [9.17, 15) is 0 Å². The Morgan fingerprint density at radius 1 is 0.731 bits per heavy atom. The van der Waals surface area contributed by atoms with E-state index in [-0.39, 0.29) is 0 Å². The van der Waals surface area contributed by atoms with Crippen molar-refractivity contribution in [1.29, 1.82) is 0 Å². The van der Waals surface area contributed by atoms with Gasteiger partial charge < -0.3 is 9.57 Å². The normalized spacial score (nSPS) is 20.6. The second-order valence-electron chi connectivity index (χ2n) is 6.53. The third kappa shape index (κ3) is 2.40. The van der Waals surface area contributed by atoms with Crippen LogP contribution in [0.5, 0.6) is 5.75 Å². The smallest absolute Gasteiger partial charge is 0.194 e. The first kappa shape index (κ1) is 15.0. The van der Waals surface area contributed by atoms with Crippen LogP contribution in [0.15, 0.2) is 96.2 Å². The molecule has 0 radical (unpaired) electrons. The fourth-order valence-electron chi connectivity index (χ4n) is 3.54. The molecule has 0 saturated heterocycles. The molecule has 1 spiro atoms. The van der Waals surface area contributed by atoms with Crippen LogP contribution in [0, 0.1) is 0 Å². The van der Waals surface area contributed by atoms with Crippen molar-refractivity contribution in [2.24, 2.45) is 5.16 Å².